The van der Waals surface area contributed by atoms with Crippen molar-refractivity contribution in [3.8, 4) is 0 Å². The molecule has 0 N–H and O–H groups in total. The molecule has 152 valence electrons. The fraction of sp³-hybridized carbons (Fsp3) is 0.593. The second-order valence-electron chi connectivity index (χ2n) is 10.9. The van der Waals surface area contributed by atoms with Gasteiger partial charge in [0.2, 0.25) is 0 Å². The first-order valence-electron chi connectivity index (χ1n) is 11.2. The molecule has 1 aromatic heterocycles. The molecule has 4 rings (SSSR count). The molecule has 0 radical (unpaired) electrons. The van der Waals surface area contributed by atoms with E-state index < -0.39 is 0 Å². The van der Waals surface area contributed by atoms with E-state index >= 15 is 0 Å². The number of rotatable bonds is 0. The lowest BCUT2D eigenvalue weighted by atomic mass is 9.69. The predicted octanol–water partition coefficient (Wildman–Crippen LogP) is 7.70. The first-order chi connectivity index (χ1) is 13.2. The van der Waals surface area contributed by atoms with Crippen LogP contribution in [-0.4, -0.2) is 4.98 Å². The van der Waals surface area contributed by atoms with Crippen LogP contribution in [-0.2, 0) is 12.8 Å². The highest BCUT2D eigenvalue weighted by atomic mass is 14.7. The second kappa shape index (κ2) is 8.39. The number of pyridine rings is 1. The summed E-state index contributed by atoms with van der Waals surface area (Å²) in [5.41, 5.74) is 6.80. The molecule has 0 aliphatic heterocycles. The summed E-state index contributed by atoms with van der Waals surface area (Å²) < 4.78 is 0. The van der Waals surface area contributed by atoms with Crippen molar-refractivity contribution in [3.63, 3.8) is 0 Å². The average Bonchev–Trinajstić information content (AvgIpc) is 2.66. The zero-order valence-corrected chi connectivity index (χ0v) is 18.9. The first-order valence-corrected chi connectivity index (χ1v) is 11.2. The van der Waals surface area contributed by atoms with Gasteiger partial charge in [-0.2, -0.15) is 0 Å². The maximum atomic E-state index is 4.48. The van der Waals surface area contributed by atoms with Crippen LogP contribution in [0.2, 0.25) is 0 Å². The van der Waals surface area contributed by atoms with Crippen LogP contribution in [0.15, 0.2) is 42.6 Å². The molecule has 1 nitrogen and oxygen atoms in total. The van der Waals surface area contributed by atoms with Crippen LogP contribution in [0.4, 0.5) is 0 Å². The minimum Gasteiger partial charge on any atom is -0.261 e. The van der Waals surface area contributed by atoms with E-state index in [1.165, 1.54) is 49.8 Å². The third-order valence-corrected chi connectivity index (χ3v) is 6.67. The number of benzene rings is 1. The van der Waals surface area contributed by atoms with Crippen LogP contribution < -0.4 is 0 Å². The Morgan fingerprint density at radius 2 is 1.29 bits per heavy atom. The van der Waals surface area contributed by atoms with Crippen molar-refractivity contribution in [1.82, 2.24) is 4.98 Å². The molecule has 28 heavy (non-hydrogen) atoms. The van der Waals surface area contributed by atoms with Gasteiger partial charge in [-0.1, -0.05) is 71.9 Å². The van der Waals surface area contributed by atoms with Gasteiger partial charge < -0.3 is 0 Å². The van der Waals surface area contributed by atoms with Crippen molar-refractivity contribution in [1.29, 1.82) is 0 Å². The molecule has 2 aliphatic rings. The minimum absolute atomic E-state index is 0.373. The Hall–Kier alpha value is -1.63. The van der Waals surface area contributed by atoms with Crippen LogP contribution >= 0.6 is 0 Å². The van der Waals surface area contributed by atoms with Gasteiger partial charge in [-0.3, -0.25) is 4.98 Å². The van der Waals surface area contributed by atoms with Crippen molar-refractivity contribution >= 4 is 0 Å². The molecular weight excluding hydrogens is 338 g/mol. The largest absolute Gasteiger partial charge is 0.261 e. The molecule has 2 unspecified atom stereocenters. The summed E-state index contributed by atoms with van der Waals surface area (Å²) in [6.07, 6.45) is 9.71. The quantitative estimate of drug-likeness (QED) is 0.458. The van der Waals surface area contributed by atoms with Gasteiger partial charge >= 0.3 is 0 Å². The SMILES string of the molecule is CC(C)(C)C1CCCc2ccccc21.CC(C)(C)C1CCCc2ncccc21. The molecule has 0 amide bonds. The highest BCUT2D eigenvalue weighted by Gasteiger charge is 2.31. The molecule has 1 heteroatoms. The topological polar surface area (TPSA) is 12.9 Å². The highest BCUT2D eigenvalue weighted by molar-refractivity contribution is 5.33. The van der Waals surface area contributed by atoms with Crippen molar-refractivity contribution in [2.45, 2.75) is 91.9 Å². The Labute approximate surface area is 173 Å². The van der Waals surface area contributed by atoms with Gasteiger partial charge in [-0.25, -0.2) is 0 Å². The number of hydrogen-bond donors (Lipinski definition) is 0. The van der Waals surface area contributed by atoms with E-state index in [0.717, 1.165) is 5.92 Å². The summed E-state index contributed by atoms with van der Waals surface area (Å²) in [5, 5.41) is 0. The fourth-order valence-corrected chi connectivity index (χ4v) is 5.16. The smallest absolute Gasteiger partial charge is 0.0438 e. The standard InChI is InChI=1S/C14H20.C13H19N/c1-14(2,3)13-10-6-8-11-7-4-5-9-12(11)13;1-13(2,3)11-7-4-8-12-10(11)6-5-9-14-12/h4-5,7,9,13H,6,8,10H2,1-3H3;5-6,9,11H,4,7-8H2,1-3H3. The number of fused-ring (bicyclic) bond motifs is 2. The van der Waals surface area contributed by atoms with Gasteiger partial charge in [0.1, 0.15) is 0 Å². The van der Waals surface area contributed by atoms with Crippen molar-refractivity contribution in [2.75, 3.05) is 0 Å². The van der Waals surface area contributed by atoms with Crippen molar-refractivity contribution in [2.24, 2.45) is 10.8 Å². The van der Waals surface area contributed by atoms with E-state index in [9.17, 15) is 0 Å². The lowest BCUT2D eigenvalue weighted by Crippen LogP contribution is -2.23. The molecule has 0 saturated carbocycles. The average molecular weight is 378 g/mol. The van der Waals surface area contributed by atoms with E-state index in [2.05, 4.69) is 82.9 Å². The van der Waals surface area contributed by atoms with Crippen LogP contribution in [0.3, 0.4) is 0 Å². The Balaban J connectivity index is 0.000000161. The Morgan fingerprint density at radius 3 is 1.96 bits per heavy atom. The number of hydrogen-bond acceptors (Lipinski definition) is 1. The van der Waals surface area contributed by atoms with Gasteiger partial charge in [0.15, 0.2) is 0 Å². The maximum absolute atomic E-state index is 4.48. The zero-order valence-electron chi connectivity index (χ0n) is 18.9. The van der Waals surface area contributed by atoms with E-state index in [1.54, 1.807) is 11.1 Å². The van der Waals surface area contributed by atoms with Crippen molar-refractivity contribution < 1.29 is 0 Å². The normalized spacial score (nSPS) is 21.8. The van der Waals surface area contributed by atoms with Crippen LogP contribution in [0.1, 0.15) is 101 Å². The third kappa shape index (κ3) is 4.85. The van der Waals surface area contributed by atoms with E-state index in [4.69, 9.17) is 0 Å². The van der Waals surface area contributed by atoms with Gasteiger partial charge in [0.05, 0.1) is 0 Å². The Morgan fingerprint density at radius 1 is 0.714 bits per heavy atom. The summed E-state index contributed by atoms with van der Waals surface area (Å²) in [7, 11) is 0. The Kier molecular flexibility index (Phi) is 6.32. The molecule has 2 atom stereocenters. The summed E-state index contributed by atoms with van der Waals surface area (Å²) in [4.78, 5) is 4.48. The molecular formula is C27H39N. The fourth-order valence-electron chi connectivity index (χ4n) is 5.16. The molecule has 1 heterocycles. The summed E-state index contributed by atoms with van der Waals surface area (Å²) in [5.74, 6) is 1.45. The molecule has 2 aliphatic carbocycles. The van der Waals surface area contributed by atoms with E-state index in [-0.39, 0.29) is 0 Å². The summed E-state index contributed by atoms with van der Waals surface area (Å²) in [6, 6.07) is 13.3. The van der Waals surface area contributed by atoms with Gasteiger partial charge in [0, 0.05) is 11.9 Å². The number of nitrogens with zero attached hydrogens (tertiary/aromatic N) is 1. The first kappa shape index (κ1) is 21.1. The molecule has 0 saturated heterocycles. The lowest BCUT2D eigenvalue weighted by Gasteiger charge is -2.35. The van der Waals surface area contributed by atoms with Gasteiger partial charge in [0.25, 0.3) is 0 Å². The lowest BCUT2D eigenvalue weighted by molar-refractivity contribution is 0.288. The van der Waals surface area contributed by atoms with Gasteiger partial charge in [-0.05, 0) is 83.9 Å². The molecule has 0 fully saturated rings. The highest BCUT2D eigenvalue weighted by Crippen LogP contribution is 2.43. The Bertz CT molecular complexity index is 708. The zero-order chi connectivity index (χ0) is 20.4. The summed E-state index contributed by atoms with van der Waals surface area (Å²) in [6.45, 7) is 14.1. The second-order valence-corrected chi connectivity index (χ2v) is 10.9. The number of aryl methyl sites for hydroxylation is 2. The molecule has 2 aromatic rings. The van der Waals surface area contributed by atoms with Crippen molar-refractivity contribution in [3.05, 3.63) is 65.0 Å². The van der Waals surface area contributed by atoms with E-state index in [0.29, 0.717) is 16.7 Å². The molecule has 1 aromatic carbocycles. The number of aromatic nitrogens is 1. The minimum atomic E-state index is 0.373. The third-order valence-electron chi connectivity index (χ3n) is 6.67. The van der Waals surface area contributed by atoms with Crippen LogP contribution in [0.25, 0.3) is 0 Å². The monoisotopic (exact) mass is 377 g/mol. The van der Waals surface area contributed by atoms with Gasteiger partial charge in [-0.15, -0.1) is 0 Å². The van der Waals surface area contributed by atoms with E-state index in [1.807, 2.05) is 6.20 Å². The van der Waals surface area contributed by atoms with Crippen LogP contribution in [0.5, 0.6) is 0 Å². The molecule has 0 bridgehead atoms. The molecule has 0 spiro atoms. The predicted molar refractivity (Wildman–Crippen MR) is 121 cm³/mol. The summed E-state index contributed by atoms with van der Waals surface area (Å²) >= 11 is 0. The van der Waals surface area contributed by atoms with Crippen LogP contribution in [0, 0.1) is 10.8 Å². The maximum Gasteiger partial charge on any atom is 0.0438 e.